The summed E-state index contributed by atoms with van der Waals surface area (Å²) in [6, 6.07) is 7.89. The van der Waals surface area contributed by atoms with Gasteiger partial charge in [0.2, 0.25) is 5.91 Å². The van der Waals surface area contributed by atoms with Crippen molar-refractivity contribution in [2.45, 2.75) is 13.5 Å². The molecule has 0 bridgehead atoms. The van der Waals surface area contributed by atoms with E-state index in [1.165, 1.54) is 12.4 Å². The molecule has 0 radical (unpaired) electrons. The van der Waals surface area contributed by atoms with E-state index < -0.39 is 0 Å². The third-order valence-corrected chi connectivity index (χ3v) is 2.50. The predicted octanol–water partition coefficient (Wildman–Crippen LogP) is 1.44. The van der Waals surface area contributed by atoms with Gasteiger partial charge in [-0.3, -0.25) is 9.89 Å². The molecule has 5 heteroatoms. The molecule has 0 spiro atoms. The van der Waals surface area contributed by atoms with Crippen LogP contribution in [-0.4, -0.2) is 21.1 Å². The maximum Gasteiger partial charge on any atom is 0.244 e. The number of amides is 1. The third kappa shape index (κ3) is 3.28. The number of H-pyrrole nitrogens is 1. The van der Waals surface area contributed by atoms with Crippen LogP contribution < -0.4 is 5.32 Å². The highest BCUT2D eigenvalue weighted by Crippen LogP contribution is 2.08. The summed E-state index contributed by atoms with van der Waals surface area (Å²) in [6.45, 7) is 2.35. The molecule has 1 aromatic carbocycles. The van der Waals surface area contributed by atoms with Crippen molar-refractivity contribution in [2.75, 3.05) is 0 Å². The summed E-state index contributed by atoms with van der Waals surface area (Å²) in [5.74, 6) is 0.474. The molecule has 0 saturated carbocycles. The molecule has 0 unspecified atom stereocenters. The SMILES string of the molecule is Cc1ccccc1/C=C/C(=O)NCc1ncn[nH]1. The summed E-state index contributed by atoms with van der Waals surface area (Å²) >= 11 is 0. The van der Waals surface area contributed by atoms with Gasteiger partial charge in [0, 0.05) is 6.08 Å². The van der Waals surface area contributed by atoms with E-state index in [-0.39, 0.29) is 5.91 Å². The van der Waals surface area contributed by atoms with Crippen LogP contribution in [0.15, 0.2) is 36.7 Å². The van der Waals surface area contributed by atoms with E-state index in [2.05, 4.69) is 20.5 Å². The fourth-order valence-electron chi connectivity index (χ4n) is 1.48. The lowest BCUT2D eigenvalue weighted by atomic mass is 10.1. The second-order valence-corrected chi connectivity index (χ2v) is 3.84. The van der Waals surface area contributed by atoms with Gasteiger partial charge in [0.05, 0.1) is 6.54 Å². The van der Waals surface area contributed by atoms with E-state index in [1.54, 1.807) is 6.08 Å². The Morgan fingerprint density at radius 3 is 3.00 bits per heavy atom. The molecule has 18 heavy (non-hydrogen) atoms. The Bertz CT molecular complexity index is 546. The Hall–Kier alpha value is -2.43. The normalized spacial score (nSPS) is 10.7. The fraction of sp³-hybridized carbons (Fsp3) is 0.154. The first-order valence-electron chi connectivity index (χ1n) is 5.61. The minimum atomic E-state index is -0.158. The second kappa shape index (κ2) is 5.77. The number of nitrogens with zero attached hydrogens (tertiary/aromatic N) is 2. The Balaban J connectivity index is 1.89. The topological polar surface area (TPSA) is 70.7 Å². The van der Waals surface area contributed by atoms with Crippen molar-refractivity contribution in [1.82, 2.24) is 20.5 Å². The molecule has 0 aliphatic heterocycles. The van der Waals surface area contributed by atoms with E-state index in [4.69, 9.17) is 0 Å². The van der Waals surface area contributed by atoms with Gasteiger partial charge in [-0.25, -0.2) is 4.98 Å². The molecule has 0 aliphatic carbocycles. The van der Waals surface area contributed by atoms with Gasteiger partial charge in [-0.1, -0.05) is 24.3 Å². The molecular formula is C13H14N4O. The van der Waals surface area contributed by atoms with E-state index >= 15 is 0 Å². The number of nitrogens with one attached hydrogen (secondary N) is 2. The summed E-state index contributed by atoms with van der Waals surface area (Å²) in [5.41, 5.74) is 2.17. The van der Waals surface area contributed by atoms with Crippen LogP contribution in [0.1, 0.15) is 17.0 Å². The van der Waals surface area contributed by atoms with Gasteiger partial charge in [0.25, 0.3) is 0 Å². The van der Waals surface area contributed by atoms with Gasteiger partial charge >= 0.3 is 0 Å². The van der Waals surface area contributed by atoms with Crippen molar-refractivity contribution < 1.29 is 4.79 Å². The van der Waals surface area contributed by atoms with Crippen molar-refractivity contribution in [1.29, 1.82) is 0 Å². The molecule has 1 aromatic heterocycles. The average Bonchev–Trinajstić information content (AvgIpc) is 2.88. The highest BCUT2D eigenvalue weighted by atomic mass is 16.1. The quantitative estimate of drug-likeness (QED) is 0.797. The summed E-state index contributed by atoms with van der Waals surface area (Å²) in [4.78, 5) is 15.5. The van der Waals surface area contributed by atoms with Crippen LogP contribution in [0.2, 0.25) is 0 Å². The minimum Gasteiger partial charge on any atom is -0.345 e. The van der Waals surface area contributed by atoms with Crippen LogP contribution in [0.25, 0.3) is 6.08 Å². The summed E-state index contributed by atoms with van der Waals surface area (Å²) < 4.78 is 0. The number of aromatic amines is 1. The number of carbonyl (C=O) groups is 1. The molecule has 0 aliphatic rings. The molecule has 0 fully saturated rings. The number of aromatic nitrogens is 3. The van der Waals surface area contributed by atoms with Crippen LogP contribution >= 0.6 is 0 Å². The highest BCUT2D eigenvalue weighted by molar-refractivity contribution is 5.91. The molecule has 2 N–H and O–H groups in total. The number of aryl methyl sites for hydroxylation is 1. The molecular weight excluding hydrogens is 228 g/mol. The lowest BCUT2D eigenvalue weighted by molar-refractivity contribution is -0.116. The second-order valence-electron chi connectivity index (χ2n) is 3.84. The number of carbonyl (C=O) groups excluding carboxylic acids is 1. The van der Waals surface area contributed by atoms with E-state index in [9.17, 15) is 4.79 Å². The van der Waals surface area contributed by atoms with Crippen LogP contribution in [0.4, 0.5) is 0 Å². The molecule has 2 aromatic rings. The van der Waals surface area contributed by atoms with Crippen molar-refractivity contribution >= 4 is 12.0 Å². The zero-order valence-electron chi connectivity index (χ0n) is 10.1. The van der Waals surface area contributed by atoms with Crippen LogP contribution in [0.5, 0.6) is 0 Å². The van der Waals surface area contributed by atoms with Gasteiger partial charge in [-0.15, -0.1) is 0 Å². The minimum absolute atomic E-state index is 0.158. The van der Waals surface area contributed by atoms with Gasteiger partial charge in [0.15, 0.2) is 0 Å². The van der Waals surface area contributed by atoms with E-state index in [0.29, 0.717) is 12.4 Å². The Kier molecular flexibility index (Phi) is 3.86. The molecule has 0 atom stereocenters. The zero-order valence-corrected chi connectivity index (χ0v) is 10.1. The van der Waals surface area contributed by atoms with Crippen LogP contribution in [0, 0.1) is 6.92 Å². The average molecular weight is 242 g/mol. The van der Waals surface area contributed by atoms with E-state index in [0.717, 1.165) is 11.1 Å². The smallest absolute Gasteiger partial charge is 0.244 e. The fourth-order valence-corrected chi connectivity index (χ4v) is 1.48. The largest absolute Gasteiger partial charge is 0.345 e. The number of hydrogen-bond acceptors (Lipinski definition) is 3. The number of rotatable bonds is 4. The standard InChI is InChI=1S/C13H14N4O/c1-10-4-2-3-5-11(10)6-7-13(18)14-8-12-15-9-16-17-12/h2-7,9H,8H2,1H3,(H,14,18)(H,15,16,17)/b7-6+. The predicted molar refractivity (Wildman–Crippen MR) is 68.4 cm³/mol. The number of benzene rings is 1. The van der Waals surface area contributed by atoms with Crippen LogP contribution in [-0.2, 0) is 11.3 Å². The molecule has 1 heterocycles. The maximum atomic E-state index is 11.6. The molecule has 1 amide bonds. The number of hydrogen-bond donors (Lipinski definition) is 2. The Morgan fingerprint density at radius 2 is 2.28 bits per heavy atom. The van der Waals surface area contributed by atoms with Gasteiger partial charge < -0.3 is 5.32 Å². The summed E-state index contributed by atoms with van der Waals surface area (Å²) in [6.07, 6.45) is 4.72. The zero-order chi connectivity index (χ0) is 12.8. The third-order valence-electron chi connectivity index (χ3n) is 2.50. The summed E-state index contributed by atoms with van der Waals surface area (Å²) in [5, 5.41) is 9.09. The lowest BCUT2D eigenvalue weighted by Gasteiger charge is -2.00. The monoisotopic (exact) mass is 242 g/mol. The molecule has 92 valence electrons. The van der Waals surface area contributed by atoms with Gasteiger partial charge in [0.1, 0.15) is 12.2 Å². The van der Waals surface area contributed by atoms with Crippen molar-refractivity contribution in [3.63, 3.8) is 0 Å². The van der Waals surface area contributed by atoms with Crippen molar-refractivity contribution in [3.8, 4) is 0 Å². The van der Waals surface area contributed by atoms with Gasteiger partial charge in [-0.2, -0.15) is 5.10 Å². The molecule has 2 rings (SSSR count). The van der Waals surface area contributed by atoms with Gasteiger partial charge in [-0.05, 0) is 24.1 Å². The first-order chi connectivity index (χ1) is 8.75. The lowest BCUT2D eigenvalue weighted by Crippen LogP contribution is -2.20. The summed E-state index contributed by atoms with van der Waals surface area (Å²) in [7, 11) is 0. The highest BCUT2D eigenvalue weighted by Gasteiger charge is 1.99. The van der Waals surface area contributed by atoms with Crippen molar-refractivity contribution in [3.05, 3.63) is 53.6 Å². The Labute approximate surface area is 105 Å². The van der Waals surface area contributed by atoms with Crippen molar-refractivity contribution in [2.24, 2.45) is 0 Å². The first-order valence-corrected chi connectivity index (χ1v) is 5.61. The maximum absolute atomic E-state index is 11.6. The first kappa shape index (κ1) is 12.0. The van der Waals surface area contributed by atoms with Crippen LogP contribution in [0.3, 0.4) is 0 Å². The molecule has 0 saturated heterocycles. The van der Waals surface area contributed by atoms with E-state index in [1.807, 2.05) is 31.2 Å². The Morgan fingerprint density at radius 1 is 1.44 bits per heavy atom. The molecule has 5 nitrogen and oxygen atoms in total.